The molecule has 0 unspecified atom stereocenters. The minimum absolute atomic E-state index is 1.21. The van der Waals surface area contributed by atoms with Gasteiger partial charge in [-0.05, 0) is 159 Å². The van der Waals surface area contributed by atoms with Gasteiger partial charge in [0.1, 0.15) is 16.1 Å². The fraction of sp³-hybridized carbons (Fsp3) is 0.121. The summed E-state index contributed by atoms with van der Waals surface area (Å²) in [5, 5.41) is 16.5. The highest BCUT2D eigenvalue weighted by molar-refractivity contribution is 7.05. The quantitative estimate of drug-likeness (QED) is 0.128. The molecule has 0 bridgehead atoms. The lowest BCUT2D eigenvalue weighted by Gasteiger charge is -2.43. The van der Waals surface area contributed by atoms with Gasteiger partial charge < -0.3 is 9.80 Å². The number of hydrogen-bond donors (Lipinski definition) is 0. The number of hydrogen-bond acceptors (Lipinski definition) is 2. The van der Waals surface area contributed by atoms with E-state index in [4.69, 9.17) is 0 Å². The van der Waals surface area contributed by atoms with E-state index in [-0.39, 0.29) is 0 Å². The topological polar surface area (TPSA) is 6.48 Å². The van der Waals surface area contributed by atoms with E-state index < -0.39 is 16.1 Å². The smallest absolute Gasteiger partial charge is 0.123 e. The Hall–Kier alpha value is -7.51. The summed E-state index contributed by atoms with van der Waals surface area (Å²) in [6.45, 7) is 0. The molecule has 15 rings (SSSR count). The van der Waals surface area contributed by atoms with Gasteiger partial charge in [0.15, 0.2) is 0 Å². The molecule has 0 aliphatic carbocycles. The number of rotatable bonds is 4. The zero-order valence-corrected chi connectivity index (χ0v) is 41.3. The highest BCUT2D eigenvalue weighted by atomic mass is 28.3. The van der Waals surface area contributed by atoms with E-state index in [1.807, 2.05) is 0 Å². The first-order valence-electron chi connectivity index (χ1n) is 25.7. The lowest BCUT2D eigenvalue weighted by molar-refractivity contribution is 0.935. The number of nitrogens with zero attached hydrogens (tertiary/aromatic N) is 2. The molecule has 0 aromatic heterocycles. The monoisotopic (exact) mass is 928 g/mol. The Labute approximate surface area is 412 Å². The van der Waals surface area contributed by atoms with Crippen LogP contribution in [0.25, 0.3) is 65.3 Å². The highest BCUT2D eigenvalue weighted by Gasteiger charge is 2.48. The Bertz CT molecular complexity index is 3590. The van der Waals surface area contributed by atoms with Gasteiger partial charge in [0.05, 0.1) is 0 Å². The molecular weight excluding hydrogens is 877 g/mol. The molecule has 2 nitrogen and oxygen atoms in total. The molecule has 11 aromatic carbocycles. The fourth-order valence-corrected chi connectivity index (χ4v) is 25.4. The summed E-state index contributed by atoms with van der Waals surface area (Å²) in [6.07, 6.45) is 5.29. The van der Waals surface area contributed by atoms with Gasteiger partial charge in [0.2, 0.25) is 0 Å². The largest absolute Gasteiger partial charge is 0.311 e. The Balaban J connectivity index is 1.06. The molecule has 0 N–H and O–H groups in total. The van der Waals surface area contributed by atoms with Crippen molar-refractivity contribution < 1.29 is 0 Å². The van der Waals surface area contributed by atoms with E-state index in [0.29, 0.717) is 0 Å². The lowest BCUT2D eigenvalue weighted by Crippen LogP contribution is -2.60. The van der Waals surface area contributed by atoms with Crippen LogP contribution in [0.5, 0.6) is 0 Å². The van der Waals surface area contributed by atoms with Gasteiger partial charge >= 0.3 is 0 Å². The van der Waals surface area contributed by atoms with Crippen LogP contribution < -0.4 is 30.5 Å². The summed E-state index contributed by atoms with van der Waals surface area (Å²) in [4.78, 5) is 5.23. The number of fused-ring (bicyclic) bond motifs is 12. The van der Waals surface area contributed by atoms with E-state index >= 15 is 0 Å². The van der Waals surface area contributed by atoms with Crippen molar-refractivity contribution in [3.8, 4) is 22.3 Å². The molecule has 0 atom stereocenters. The molecule has 4 aliphatic heterocycles. The van der Waals surface area contributed by atoms with Crippen LogP contribution in [0.15, 0.2) is 218 Å². The van der Waals surface area contributed by atoms with Crippen molar-refractivity contribution in [1.29, 1.82) is 0 Å². The first-order valence-corrected chi connectivity index (χ1v) is 30.5. The Kier molecular flexibility index (Phi) is 8.94. The molecule has 4 heterocycles. The van der Waals surface area contributed by atoms with Crippen molar-refractivity contribution >= 4 is 114 Å². The zero-order valence-electron chi connectivity index (χ0n) is 39.3. The summed E-state index contributed by atoms with van der Waals surface area (Å²) >= 11 is 0. The van der Waals surface area contributed by atoms with E-state index in [0.717, 1.165) is 0 Å². The predicted octanol–water partition coefficient (Wildman–Crippen LogP) is 15.9. The second-order valence-electron chi connectivity index (χ2n) is 20.6. The second kappa shape index (κ2) is 15.5. The van der Waals surface area contributed by atoms with E-state index in [1.54, 1.807) is 20.7 Å². The molecule has 2 saturated heterocycles. The number of para-hydroxylation sites is 4. The average Bonchev–Trinajstić information content (AvgIpc) is 4.13. The van der Waals surface area contributed by atoms with Crippen LogP contribution >= 0.6 is 0 Å². The Morgan fingerprint density at radius 1 is 0.271 bits per heavy atom. The molecule has 4 aliphatic rings. The number of benzene rings is 11. The summed E-state index contributed by atoms with van der Waals surface area (Å²) in [5.41, 5.74) is 13.0. The third-order valence-electron chi connectivity index (χ3n) is 17.3. The van der Waals surface area contributed by atoms with Crippen LogP contribution in [-0.4, -0.2) is 16.1 Å². The van der Waals surface area contributed by atoms with Gasteiger partial charge in [-0.15, -0.1) is 0 Å². The predicted molar refractivity (Wildman–Crippen MR) is 304 cm³/mol. The fourth-order valence-electron chi connectivity index (χ4n) is 14.4. The molecule has 2 fully saturated rings. The molecule has 334 valence electrons. The van der Waals surface area contributed by atoms with Crippen molar-refractivity contribution in [2.75, 3.05) is 9.80 Å². The number of anilines is 6. The van der Waals surface area contributed by atoms with Crippen LogP contribution in [0, 0.1) is 0 Å². The third-order valence-corrected chi connectivity index (χ3v) is 27.9. The first-order chi connectivity index (χ1) is 34.7. The zero-order chi connectivity index (χ0) is 46.0. The van der Waals surface area contributed by atoms with Gasteiger partial charge in [0, 0.05) is 34.1 Å². The van der Waals surface area contributed by atoms with Crippen LogP contribution in [-0.2, 0) is 0 Å². The van der Waals surface area contributed by atoms with Crippen LogP contribution in [0.1, 0.15) is 25.7 Å². The van der Waals surface area contributed by atoms with E-state index in [2.05, 4.69) is 228 Å². The van der Waals surface area contributed by atoms with Gasteiger partial charge in [-0.1, -0.05) is 196 Å². The molecule has 0 radical (unpaired) electrons. The molecule has 2 spiro atoms. The first kappa shape index (κ1) is 40.4. The van der Waals surface area contributed by atoms with E-state index in [1.165, 1.54) is 149 Å². The van der Waals surface area contributed by atoms with Crippen molar-refractivity contribution in [3.63, 3.8) is 0 Å². The molecule has 4 heteroatoms. The summed E-state index contributed by atoms with van der Waals surface area (Å²) in [6, 6.07) is 89.8. The Morgan fingerprint density at radius 3 is 0.986 bits per heavy atom. The van der Waals surface area contributed by atoms with Crippen LogP contribution in [0.3, 0.4) is 0 Å². The van der Waals surface area contributed by atoms with Gasteiger partial charge in [0.25, 0.3) is 0 Å². The maximum Gasteiger partial charge on any atom is 0.123 e. The third kappa shape index (κ3) is 5.66. The highest BCUT2D eigenvalue weighted by Crippen LogP contribution is 2.52. The molecular formula is C66H52N2Si2. The van der Waals surface area contributed by atoms with Gasteiger partial charge in [-0.2, -0.15) is 0 Å². The summed E-state index contributed by atoms with van der Waals surface area (Å²) in [5.74, 6) is 0. The molecule has 0 amide bonds. The minimum Gasteiger partial charge on any atom is -0.311 e. The molecule has 11 aromatic rings. The van der Waals surface area contributed by atoms with E-state index in [9.17, 15) is 0 Å². The van der Waals surface area contributed by atoms with Crippen molar-refractivity contribution in [2.45, 2.75) is 49.9 Å². The maximum absolute atomic E-state index is 2.62. The van der Waals surface area contributed by atoms with Gasteiger partial charge in [-0.3, -0.25) is 0 Å². The van der Waals surface area contributed by atoms with Crippen LogP contribution in [0.2, 0.25) is 24.2 Å². The maximum atomic E-state index is 2.62. The lowest BCUT2D eigenvalue weighted by atomic mass is 9.83. The second-order valence-corrected chi connectivity index (χ2v) is 29.1. The SMILES string of the molecule is c1ccc2c(c1)N(c1ccc3c(-c4cccc5ccccc45)c4cc(N5c6ccccc6[Si]6(CCCC6)c6ccccc65)ccc4c(-c4cccc5ccccc45)c3c1)c1ccccc1[Si]21CCCC1. The standard InChI is InChI=1S/C66H52N2Si2/c1-3-23-49-45(19-1)21-17-25-51(49)65-53-37-35-48(68-59-29-7-11-33-63(59)70(41-15-16-42-70)64-34-12-8-30-60(64)68)44-56(53)66(52-26-18-22-46-20-2-4-24-50(46)52)54-38-36-47(43-55(54)65)67-57-27-5-9-31-61(57)69(39-13-14-40-69)62-32-10-6-28-58(62)67/h1-12,17-38,43-44H,13-16,39-42H2. The molecule has 70 heavy (non-hydrogen) atoms. The summed E-state index contributed by atoms with van der Waals surface area (Å²) < 4.78 is 0. The Morgan fingerprint density at radius 2 is 0.600 bits per heavy atom. The molecule has 0 saturated carbocycles. The van der Waals surface area contributed by atoms with Crippen molar-refractivity contribution in [1.82, 2.24) is 0 Å². The average molecular weight is 929 g/mol. The minimum atomic E-state index is -1.92. The summed E-state index contributed by atoms with van der Waals surface area (Å²) in [7, 11) is -3.83. The normalized spacial score (nSPS) is 16.3. The van der Waals surface area contributed by atoms with Crippen molar-refractivity contribution in [2.24, 2.45) is 0 Å². The van der Waals surface area contributed by atoms with Crippen LogP contribution in [0.4, 0.5) is 34.1 Å². The van der Waals surface area contributed by atoms with Gasteiger partial charge in [-0.25, -0.2) is 0 Å². The van der Waals surface area contributed by atoms with Crippen molar-refractivity contribution in [3.05, 3.63) is 218 Å².